The first-order chi connectivity index (χ1) is 5.49. The Bertz CT molecular complexity index is 175. The highest BCUT2D eigenvalue weighted by Crippen LogP contribution is 2.04. The first-order valence-corrected chi connectivity index (χ1v) is 3.88. The highest BCUT2D eigenvalue weighted by atomic mass is 16.6. The highest BCUT2D eigenvalue weighted by Gasteiger charge is 2.15. The molecule has 3 heteroatoms. The van der Waals surface area contributed by atoms with Gasteiger partial charge >= 0.3 is 5.97 Å². The molecule has 0 aliphatic carbocycles. The van der Waals surface area contributed by atoms with Gasteiger partial charge in [0.05, 0.1) is 6.10 Å². The van der Waals surface area contributed by atoms with E-state index in [-0.39, 0.29) is 33.0 Å². The molecule has 14 heavy (non-hydrogen) atoms. The van der Waals surface area contributed by atoms with Crippen LogP contribution in [0.1, 0.15) is 35.6 Å². The molecule has 0 N–H and O–H groups in total. The number of rotatable bonds is 4. The number of hydrogen-bond donors (Lipinski definition) is 0. The standard InChI is InChI=1S/C9H16O3.2CH4/c1-6(2)9(10)12-8(4)7(3)11-5;;/h7-8H,1H2,2-5H3;2*1H4. The molecule has 0 saturated heterocycles. The Hall–Kier alpha value is -0.830. The lowest BCUT2D eigenvalue weighted by Gasteiger charge is -2.18. The largest absolute Gasteiger partial charge is 0.457 e. The lowest BCUT2D eigenvalue weighted by molar-refractivity contribution is -0.149. The molecule has 0 heterocycles. The molecule has 2 unspecified atom stereocenters. The fourth-order valence-corrected chi connectivity index (χ4v) is 0.557. The summed E-state index contributed by atoms with van der Waals surface area (Å²) in [6.07, 6.45) is -0.326. The summed E-state index contributed by atoms with van der Waals surface area (Å²) in [4.78, 5) is 11.0. The minimum atomic E-state index is -0.369. The normalized spacial score (nSPS) is 12.9. The SMILES string of the molecule is C.C.C=C(C)C(=O)OC(C)C(C)OC. The molecule has 0 rings (SSSR count). The van der Waals surface area contributed by atoms with Gasteiger partial charge in [-0.15, -0.1) is 0 Å². The summed E-state index contributed by atoms with van der Waals surface area (Å²) in [5, 5.41) is 0. The van der Waals surface area contributed by atoms with Crippen molar-refractivity contribution in [3.8, 4) is 0 Å². The Morgan fingerprint density at radius 2 is 1.64 bits per heavy atom. The lowest BCUT2D eigenvalue weighted by atomic mass is 10.2. The zero-order valence-electron chi connectivity index (χ0n) is 8.09. The third-order valence-corrected chi connectivity index (χ3v) is 1.67. The minimum Gasteiger partial charge on any atom is -0.457 e. The molecule has 0 saturated carbocycles. The van der Waals surface area contributed by atoms with Crippen LogP contribution in [0.2, 0.25) is 0 Å². The maximum Gasteiger partial charge on any atom is 0.333 e. The Kier molecular flexibility index (Phi) is 11.8. The molecular formula is C11H24O3. The Labute approximate surface area is 88.1 Å². The van der Waals surface area contributed by atoms with Crippen LogP contribution in [0.4, 0.5) is 0 Å². The van der Waals surface area contributed by atoms with Crippen LogP contribution < -0.4 is 0 Å². The Morgan fingerprint density at radius 3 is 1.93 bits per heavy atom. The third-order valence-electron chi connectivity index (χ3n) is 1.67. The smallest absolute Gasteiger partial charge is 0.333 e. The van der Waals surface area contributed by atoms with Gasteiger partial charge in [-0.25, -0.2) is 4.79 Å². The van der Waals surface area contributed by atoms with Gasteiger partial charge in [0.15, 0.2) is 0 Å². The first-order valence-electron chi connectivity index (χ1n) is 3.88. The van der Waals surface area contributed by atoms with Crippen LogP contribution in [-0.4, -0.2) is 25.3 Å². The molecule has 0 bridgehead atoms. The molecule has 0 aliphatic rings. The van der Waals surface area contributed by atoms with Gasteiger partial charge in [0.2, 0.25) is 0 Å². The molecule has 0 aromatic rings. The Balaban J connectivity index is -0.000000605. The van der Waals surface area contributed by atoms with E-state index in [1.54, 1.807) is 21.0 Å². The van der Waals surface area contributed by atoms with E-state index in [1.807, 2.05) is 6.92 Å². The van der Waals surface area contributed by atoms with E-state index < -0.39 is 0 Å². The number of methoxy groups -OCH3 is 1. The molecule has 0 radical (unpaired) electrons. The lowest BCUT2D eigenvalue weighted by Crippen LogP contribution is -2.27. The van der Waals surface area contributed by atoms with Crippen molar-refractivity contribution in [1.29, 1.82) is 0 Å². The summed E-state index contributed by atoms with van der Waals surface area (Å²) >= 11 is 0. The number of carbonyl (C=O) groups excluding carboxylic acids is 1. The van der Waals surface area contributed by atoms with Gasteiger partial charge in [0.1, 0.15) is 6.10 Å². The van der Waals surface area contributed by atoms with Gasteiger partial charge in [-0.1, -0.05) is 21.4 Å². The average molecular weight is 204 g/mol. The average Bonchev–Trinajstić information content (AvgIpc) is 2.02. The zero-order chi connectivity index (χ0) is 9.72. The molecule has 3 nitrogen and oxygen atoms in total. The van der Waals surface area contributed by atoms with Crippen molar-refractivity contribution in [2.45, 2.75) is 47.8 Å². The summed E-state index contributed by atoms with van der Waals surface area (Å²) in [5.41, 5.74) is 0.408. The quantitative estimate of drug-likeness (QED) is 0.522. The van der Waals surface area contributed by atoms with Crippen LogP contribution in [0.3, 0.4) is 0 Å². The van der Waals surface area contributed by atoms with Crippen LogP contribution in [0.15, 0.2) is 12.2 Å². The summed E-state index contributed by atoms with van der Waals surface area (Å²) in [7, 11) is 1.58. The summed E-state index contributed by atoms with van der Waals surface area (Å²) in [6.45, 7) is 8.73. The number of esters is 1. The molecule has 0 aromatic carbocycles. The van der Waals surface area contributed by atoms with Gasteiger partial charge in [0.25, 0.3) is 0 Å². The molecule has 0 aromatic heterocycles. The van der Waals surface area contributed by atoms with Crippen LogP contribution in [0.25, 0.3) is 0 Å². The third kappa shape index (κ3) is 6.66. The fraction of sp³-hybridized carbons (Fsp3) is 0.727. The van der Waals surface area contributed by atoms with E-state index in [0.29, 0.717) is 5.57 Å². The summed E-state index contributed by atoms with van der Waals surface area (Å²) < 4.78 is 9.99. The van der Waals surface area contributed by atoms with Gasteiger partial charge in [-0.05, 0) is 20.8 Å². The molecule has 2 atom stereocenters. The van der Waals surface area contributed by atoms with E-state index in [2.05, 4.69) is 6.58 Å². The van der Waals surface area contributed by atoms with Crippen LogP contribution >= 0.6 is 0 Å². The predicted octanol–water partition coefficient (Wildman–Crippen LogP) is 2.80. The van der Waals surface area contributed by atoms with Crippen LogP contribution in [-0.2, 0) is 14.3 Å². The molecule has 86 valence electrons. The van der Waals surface area contributed by atoms with Crippen LogP contribution in [0.5, 0.6) is 0 Å². The van der Waals surface area contributed by atoms with E-state index in [4.69, 9.17) is 9.47 Å². The topological polar surface area (TPSA) is 35.5 Å². The van der Waals surface area contributed by atoms with Crippen molar-refractivity contribution in [1.82, 2.24) is 0 Å². The van der Waals surface area contributed by atoms with Crippen molar-refractivity contribution < 1.29 is 14.3 Å². The molecule has 0 spiro atoms. The van der Waals surface area contributed by atoms with Gasteiger partial charge in [0, 0.05) is 12.7 Å². The minimum absolute atomic E-state index is 0. The van der Waals surface area contributed by atoms with Crippen molar-refractivity contribution >= 4 is 5.97 Å². The summed E-state index contributed by atoms with van der Waals surface area (Å²) in [6, 6.07) is 0. The molecule has 0 fully saturated rings. The van der Waals surface area contributed by atoms with Crippen molar-refractivity contribution in [3.63, 3.8) is 0 Å². The molecular weight excluding hydrogens is 180 g/mol. The van der Waals surface area contributed by atoms with Gasteiger partial charge < -0.3 is 9.47 Å². The predicted molar refractivity (Wildman–Crippen MR) is 60.3 cm³/mol. The van der Waals surface area contributed by atoms with E-state index in [9.17, 15) is 4.79 Å². The second-order valence-corrected chi connectivity index (χ2v) is 2.83. The maximum atomic E-state index is 11.0. The van der Waals surface area contributed by atoms with Crippen molar-refractivity contribution in [3.05, 3.63) is 12.2 Å². The second kappa shape index (κ2) is 8.75. The summed E-state index contributed by atoms with van der Waals surface area (Å²) in [5.74, 6) is -0.369. The van der Waals surface area contributed by atoms with E-state index in [1.165, 1.54) is 0 Å². The maximum absolute atomic E-state index is 11.0. The van der Waals surface area contributed by atoms with Gasteiger partial charge in [-0.3, -0.25) is 0 Å². The monoisotopic (exact) mass is 204 g/mol. The molecule has 0 amide bonds. The first kappa shape index (κ1) is 18.9. The second-order valence-electron chi connectivity index (χ2n) is 2.83. The van der Waals surface area contributed by atoms with Gasteiger partial charge in [-0.2, -0.15) is 0 Å². The van der Waals surface area contributed by atoms with Crippen molar-refractivity contribution in [2.75, 3.05) is 7.11 Å². The number of ether oxygens (including phenoxy) is 2. The number of carbonyl (C=O) groups is 1. The fourth-order valence-electron chi connectivity index (χ4n) is 0.557. The Morgan fingerprint density at radius 1 is 1.21 bits per heavy atom. The molecule has 0 aliphatic heterocycles. The van der Waals surface area contributed by atoms with Crippen molar-refractivity contribution in [2.24, 2.45) is 0 Å². The number of hydrogen-bond acceptors (Lipinski definition) is 3. The zero-order valence-corrected chi connectivity index (χ0v) is 8.09. The van der Waals surface area contributed by atoms with E-state index in [0.717, 1.165) is 0 Å². The highest BCUT2D eigenvalue weighted by molar-refractivity contribution is 5.87. The van der Waals surface area contributed by atoms with Crippen LogP contribution in [0, 0.1) is 0 Å². The van der Waals surface area contributed by atoms with E-state index >= 15 is 0 Å².